The lowest BCUT2D eigenvalue weighted by Crippen LogP contribution is -2.32. The van der Waals surface area contributed by atoms with Crippen LogP contribution in [0.25, 0.3) is 16.7 Å². The summed E-state index contributed by atoms with van der Waals surface area (Å²) in [5, 5.41) is 15.2. The van der Waals surface area contributed by atoms with Crippen LogP contribution in [0.15, 0.2) is 52.4 Å². The largest absolute Gasteiger partial charge is 0.497 e. The van der Waals surface area contributed by atoms with Gasteiger partial charge in [-0.15, -0.1) is 10.2 Å². The molecule has 0 radical (unpaired) electrons. The molecule has 36 heavy (non-hydrogen) atoms. The second-order valence-corrected chi connectivity index (χ2v) is 9.68. The standard InChI is InChI=1S/C25H26N6O4S/c1-30-23(34)19-12-7-15(22(33)27-16-5-3-4-6-16)13-20(19)31-24(30)28-29-25(31)36-14-21(32)26-17-8-10-18(35-2)11-9-17/h7-13,16H,3-6,14H2,1-2H3,(H,26,32)(H,27,33). The fourth-order valence-electron chi connectivity index (χ4n) is 4.43. The molecule has 0 aliphatic heterocycles. The molecule has 2 amide bonds. The Balaban J connectivity index is 1.42. The third-order valence-electron chi connectivity index (χ3n) is 6.35. The second-order valence-electron chi connectivity index (χ2n) is 8.73. The van der Waals surface area contributed by atoms with E-state index in [2.05, 4.69) is 20.8 Å². The van der Waals surface area contributed by atoms with Crippen molar-refractivity contribution in [2.75, 3.05) is 18.2 Å². The third-order valence-corrected chi connectivity index (χ3v) is 7.28. The summed E-state index contributed by atoms with van der Waals surface area (Å²) in [5.41, 5.74) is 1.40. The monoisotopic (exact) mass is 506 g/mol. The Kier molecular flexibility index (Phi) is 6.64. The zero-order valence-electron chi connectivity index (χ0n) is 20.0. The molecule has 1 saturated carbocycles. The van der Waals surface area contributed by atoms with Gasteiger partial charge in [0, 0.05) is 24.3 Å². The van der Waals surface area contributed by atoms with E-state index in [-0.39, 0.29) is 29.2 Å². The first-order valence-corrected chi connectivity index (χ1v) is 12.7. The molecule has 1 aliphatic rings. The predicted octanol–water partition coefficient (Wildman–Crippen LogP) is 2.99. The van der Waals surface area contributed by atoms with Crippen molar-refractivity contribution in [3.8, 4) is 5.75 Å². The Bertz CT molecular complexity index is 1510. The van der Waals surface area contributed by atoms with Crippen molar-refractivity contribution in [3.05, 3.63) is 58.4 Å². The van der Waals surface area contributed by atoms with Crippen molar-refractivity contribution < 1.29 is 14.3 Å². The van der Waals surface area contributed by atoms with E-state index in [9.17, 15) is 14.4 Å². The number of thioether (sulfide) groups is 1. The van der Waals surface area contributed by atoms with Crippen LogP contribution >= 0.6 is 11.8 Å². The van der Waals surface area contributed by atoms with E-state index < -0.39 is 0 Å². The number of aryl methyl sites for hydroxylation is 1. The smallest absolute Gasteiger partial charge is 0.262 e. The number of carbonyl (C=O) groups excluding carboxylic acids is 2. The number of nitrogens with one attached hydrogen (secondary N) is 2. The van der Waals surface area contributed by atoms with E-state index in [0.29, 0.717) is 38.8 Å². The lowest BCUT2D eigenvalue weighted by Gasteiger charge is -2.13. The fourth-order valence-corrected chi connectivity index (χ4v) is 5.17. The van der Waals surface area contributed by atoms with Crippen LogP contribution in [0.2, 0.25) is 0 Å². The van der Waals surface area contributed by atoms with Crippen LogP contribution < -0.4 is 20.9 Å². The highest BCUT2D eigenvalue weighted by atomic mass is 32.2. The van der Waals surface area contributed by atoms with Crippen molar-refractivity contribution in [1.29, 1.82) is 0 Å². The Morgan fingerprint density at radius 3 is 2.58 bits per heavy atom. The van der Waals surface area contributed by atoms with E-state index in [1.54, 1.807) is 61.0 Å². The predicted molar refractivity (Wildman–Crippen MR) is 138 cm³/mol. The van der Waals surface area contributed by atoms with Crippen molar-refractivity contribution in [2.45, 2.75) is 36.9 Å². The Labute approximate surface area is 211 Å². The molecule has 186 valence electrons. The molecule has 0 saturated heterocycles. The van der Waals surface area contributed by atoms with Crippen LogP contribution in [-0.2, 0) is 11.8 Å². The van der Waals surface area contributed by atoms with Gasteiger partial charge in [0.1, 0.15) is 5.75 Å². The summed E-state index contributed by atoms with van der Waals surface area (Å²) in [5.74, 6) is 0.732. The van der Waals surface area contributed by atoms with Gasteiger partial charge >= 0.3 is 0 Å². The van der Waals surface area contributed by atoms with Gasteiger partial charge in [0.05, 0.1) is 23.8 Å². The van der Waals surface area contributed by atoms with Gasteiger partial charge in [-0.1, -0.05) is 24.6 Å². The zero-order chi connectivity index (χ0) is 25.2. The van der Waals surface area contributed by atoms with Crippen molar-refractivity contribution in [2.24, 2.45) is 7.05 Å². The Hall–Kier alpha value is -3.86. The average Bonchev–Trinajstić information content (AvgIpc) is 3.56. The quantitative estimate of drug-likeness (QED) is 0.370. The number of ether oxygens (including phenoxy) is 1. The first-order valence-electron chi connectivity index (χ1n) is 11.7. The minimum atomic E-state index is -0.235. The van der Waals surface area contributed by atoms with Crippen LogP contribution in [0.4, 0.5) is 5.69 Å². The van der Waals surface area contributed by atoms with Crippen molar-refractivity contribution in [1.82, 2.24) is 24.5 Å². The Morgan fingerprint density at radius 2 is 1.86 bits per heavy atom. The van der Waals surface area contributed by atoms with Crippen LogP contribution in [0.3, 0.4) is 0 Å². The maximum Gasteiger partial charge on any atom is 0.262 e. The summed E-state index contributed by atoms with van der Waals surface area (Å²) in [7, 11) is 3.20. The summed E-state index contributed by atoms with van der Waals surface area (Å²) in [6, 6.07) is 12.3. The molecule has 2 aromatic heterocycles. The molecule has 2 N–H and O–H groups in total. The van der Waals surface area contributed by atoms with E-state index in [1.807, 2.05) is 0 Å². The number of benzene rings is 2. The molecule has 11 heteroatoms. The van der Waals surface area contributed by atoms with Gasteiger partial charge in [0.2, 0.25) is 11.7 Å². The summed E-state index contributed by atoms with van der Waals surface area (Å²) in [6.07, 6.45) is 4.20. The number of carbonyl (C=O) groups is 2. The number of methoxy groups -OCH3 is 1. The number of amides is 2. The maximum absolute atomic E-state index is 12.9. The van der Waals surface area contributed by atoms with Gasteiger partial charge in [0.25, 0.3) is 11.5 Å². The van der Waals surface area contributed by atoms with Gasteiger partial charge in [-0.2, -0.15) is 0 Å². The topological polar surface area (TPSA) is 120 Å². The summed E-state index contributed by atoms with van der Waals surface area (Å²) < 4.78 is 8.27. The maximum atomic E-state index is 12.9. The van der Waals surface area contributed by atoms with Crippen LogP contribution in [0, 0.1) is 0 Å². The first kappa shape index (κ1) is 23.9. The zero-order valence-corrected chi connectivity index (χ0v) is 20.8. The lowest BCUT2D eigenvalue weighted by molar-refractivity contribution is -0.113. The summed E-state index contributed by atoms with van der Waals surface area (Å²) >= 11 is 1.20. The fraction of sp³-hybridized carbons (Fsp3) is 0.320. The van der Waals surface area contributed by atoms with Gasteiger partial charge in [-0.05, 0) is 55.3 Å². The molecule has 2 aromatic carbocycles. The summed E-state index contributed by atoms with van der Waals surface area (Å²) in [4.78, 5) is 38.4. The number of hydrogen-bond acceptors (Lipinski definition) is 7. The van der Waals surface area contributed by atoms with Crippen molar-refractivity contribution in [3.63, 3.8) is 0 Å². The highest BCUT2D eigenvalue weighted by Crippen LogP contribution is 2.24. The molecule has 0 unspecified atom stereocenters. The third kappa shape index (κ3) is 4.66. The first-order chi connectivity index (χ1) is 17.4. The number of nitrogens with zero attached hydrogens (tertiary/aromatic N) is 4. The van der Waals surface area contributed by atoms with Crippen LogP contribution in [0.5, 0.6) is 5.75 Å². The van der Waals surface area contributed by atoms with Gasteiger partial charge in [0.15, 0.2) is 5.16 Å². The molecule has 5 rings (SSSR count). The van der Waals surface area contributed by atoms with E-state index in [0.717, 1.165) is 25.7 Å². The molecule has 0 spiro atoms. The number of anilines is 1. The number of fused-ring (bicyclic) bond motifs is 3. The molecular formula is C25H26N6O4S. The molecular weight excluding hydrogens is 480 g/mol. The molecule has 10 nitrogen and oxygen atoms in total. The molecule has 4 aromatic rings. The molecule has 1 fully saturated rings. The summed E-state index contributed by atoms with van der Waals surface area (Å²) in [6.45, 7) is 0. The minimum absolute atomic E-state index is 0.0824. The average molecular weight is 507 g/mol. The molecule has 1 aliphatic carbocycles. The highest BCUT2D eigenvalue weighted by molar-refractivity contribution is 7.99. The molecule has 0 bridgehead atoms. The Morgan fingerprint density at radius 1 is 1.11 bits per heavy atom. The van der Waals surface area contributed by atoms with E-state index in [1.165, 1.54) is 16.3 Å². The molecule has 2 heterocycles. The van der Waals surface area contributed by atoms with Gasteiger partial charge in [-0.3, -0.25) is 23.4 Å². The van der Waals surface area contributed by atoms with E-state index in [4.69, 9.17) is 4.74 Å². The van der Waals surface area contributed by atoms with Gasteiger partial charge in [-0.25, -0.2) is 0 Å². The molecule has 0 atom stereocenters. The number of aromatic nitrogens is 4. The number of rotatable bonds is 7. The highest BCUT2D eigenvalue weighted by Gasteiger charge is 2.21. The van der Waals surface area contributed by atoms with Crippen molar-refractivity contribution >= 4 is 45.9 Å². The van der Waals surface area contributed by atoms with Gasteiger partial charge < -0.3 is 15.4 Å². The van der Waals surface area contributed by atoms with Crippen LogP contribution in [0.1, 0.15) is 36.0 Å². The van der Waals surface area contributed by atoms with E-state index >= 15 is 0 Å². The second kappa shape index (κ2) is 10.0. The minimum Gasteiger partial charge on any atom is -0.497 e. The number of hydrogen-bond donors (Lipinski definition) is 2. The lowest BCUT2D eigenvalue weighted by atomic mass is 10.1. The van der Waals surface area contributed by atoms with Crippen LogP contribution in [-0.4, -0.2) is 49.9 Å². The normalized spacial score (nSPS) is 13.8. The SMILES string of the molecule is COc1ccc(NC(=O)CSc2nnc3n(C)c(=O)c4ccc(C(=O)NC5CCCC5)cc4n23)cc1.